The predicted octanol–water partition coefficient (Wildman–Crippen LogP) is 2.82. The zero-order chi connectivity index (χ0) is 19.1. The minimum Gasteiger partial charge on any atom is -0.342 e. The summed E-state index contributed by atoms with van der Waals surface area (Å²) in [7, 11) is 0. The zero-order valence-electron chi connectivity index (χ0n) is 16.0. The second kappa shape index (κ2) is 10.1. The van der Waals surface area contributed by atoms with Gasteiger partial charge in [0, 0.05) is 50.7 Å². The van der Waals surface area contributed by atoms with Crippen molar-refractivity contribution in [2.24, 2.45) is 0 Å². The number of nitrogens with zero attached hydrogens (tertiary/aromatic N) is 3. The molecule has 2 fully saturated rings. The third-order valence-corrected chi connectivity index (χ3v) is 5.79. The Kier molecular flexibility index (Phi) is 7.53. The van der Waals surface area contributed by atoms with Crippen molar-refractivity contribution in [2.45, 2.75) is 38.5 Å². The highest BCUT2D eigenvalue weighted by atomic mass is 35.5. The Morgan fingerprint density at radius 2 is 1.52 bits per heavy atom. The third kappa shape index (κ3) is 6.22. The van der Waals surface area contributed by atoms with Crippen LogP contribution in [-0.4, -0.2) is 72.3 Å². The van der Waals surface area contributed by atoms with Crippen LogP contribution in [0.15, 0.2) is 24.3 Å². The Balaban J connectivity index is 1.39. The lowest BCUT2D eigenvalue weighted by molar-refractivity contribution is -0.135. The van der Waals surface area contributed by atoms with Gasteiger partial charge in [-0.3, -0.25) is 14.5 Å². The molecule has 27 heavy (non-hydrogen) atoms. The van der Waals surface area contributed by atoms with E-state index in [0.717, 1.165) is 44.6 Å². The van der Waals surface area contributed by atoms with Gasteiger partial charge in [-0.2, -0.15) is 0 Å². The average Bonchev–Trinajstić information content (AvgIpc) is 2.96. The smallest absolute Gasteiger partial charge is 0.236 e. The van der Waals surface area contributed by atoms with Gasteiger partial charge in [0.05, 0.1) is 6.54 Å². The average molecular weight is 392 g/mol. The number of halogens is 1. The third-order valence-electron chi connectivity index (χ3n) is 5.56. The van der Waals surface area contributed by atoms with Gasteiger partial charge in [-0.25, -0.2) is 0 Å². The SMILES string of the molecule is O=C(CCc1cccc(Cl)c1)N1CCN(CC(=O)N2CCCCCC2)CC1. The summed E-state index contributed by atoms with van der Waals surface area (Å²) in [6.45, 7) is 5.28. The molecule has 2 aliphatic heterocycles. The van der Waals surface area contributed by atoms with E-state index >= 15 is 0 Å². The van der Waals surface area contributed by atoms with E-state index in [-0.39, 0.29) is 11.8 Å². The van der Waals surface area contributed by atoms with Crippen LogP contribution in [0.2, 0.25) is 5.02 Å². The van der Waals surface area contributed by atoms with Crippen LogP contribution >= 0.6 is 11.6 Å². The second-order valence-electron chi connectivity index (χ2n) is 7.58. The topological polar surface area (TPSA) is 43.9 Å². The van der Waals surface area contributed by atoms with Crippen molar-refractivity contribution in [3.8, 4) is 0 Å². The van der Waals surface area contributed by atoms with E-state index in [1.165, 1.54) is 12.8 Å². The summed E-state index contributed by atoms with van der Waals surface area (Å²) in [4.78, 5) is 31.1. The summed E-state index contributed by atoms with van der Waals surface area (Å²) in [5.41, 5.74) is 1.09. The van der Waals surface area contributed by atoms with Gasteiger partial charge in [-0.1, -0.05) is 36.6 Å². The molecule has 1 aromatic carbocycles. The fraction of sp³-hybridized carbons (Fsp3) is 0.619. The van der Waals surface area contributed by atoms with Gasteiger partial charge in [0.15, 0.2) is 0 Å². The van der Waals surface area contributed by atoms with Crippen LogP contribution in [0.1, 0.15) is 37.7 Å². The van der Waals surface area contributed by atoms with Crippen LogP contribution < -0.4 is 0 Å². The Hall–Kier alpha value is -1.59. The van der Waals surface area contributed by atoms with Crippen molar-refractivity contribution in [2.75, 3.05) is 45.8 Å². The number of benzene rings is 1. The normalized spacial score (nSPS) is 19.0. The maximum Gasteiger partial charge on any atom is 0.236 e. The molecule has 0 saturated carbocycles. The van der Waals surface area contributed by atoms with Gasteiger partial charge in [-0.15, -0.1) is 0 Å². The highest BCUT2D eigenvalue weighted by molar-refractivity contribution is 6.30. The number of hydrogen-bond acceptors (Lipinski definition) is 3. The maximum atomic E-state index is 12.5. The molecule has 0 aromatic heterocycles. The summed E-state index contributed by atoms with van der Waals surface area (Å²) in [6, 6.07) is 7.69. The zero-order valence-corrected chi connectivity index (χ0v) is 16.8. The van der Waals surface area contributed by atoms with E-state index in [1.807, 2.05) is 34.1 Å². The first-order valence-electron chi connectivity index (χ1n) is 10.1. The van der Waals surface area contributed by atoms with Crippen molar-refractivity contribution < 1.29 is 9.59 Å². The van der Waals surface area contributed by atoms with Crippen molar-refractivity contribution in [3.63, 3.8) is 0 Å². The summed E-state index contributed by atoms with van der Waals surface area (Å²) < 4.78 is 0. The van der Waals surface area contributed by atoms with Crippen molar-refractivity contribution >= 4 is 23.4 Å². The van der Waals surface area contributed by atoms with Gasteiger partial charge < -0.3 is 9.80 Å². The van der Waals surface area contributed by atoms with E-state index in [9.17, 15) is 9.59 Å². The van der Waals surface area contributed by atoms with E-state index in [4.69, 9.17) is 11.6 Å². The van der Waals surface area contributed by atoms with Crippen LogP contribution in [-0.2, 0) is 16.0 Å². The molecule has 3 rings (SSSR count). The molecule has 5 nitrogen and oxygen atoms in total. The fourth-order valence-corrected chi connectivity index (χ4v) is 4.08. The summed E-state index contributed by atoms with van der Waals surface area (Å²) in [5.74, 6) is 0.436. The maximum absolute atomic E-state index is 12.5. The molecule has 6 heteroatoms. The highest BCUT2D eigenvalue weighted by Gasteiger charge is 2.24. The first-order chi connectivity index (χ1) is 13.1. The van der Waals surface area contributed by atoms with Crippen LogP contribution in [0, 0.1) is 0 Å². The molecule has 0 aliphatic carbocycles. The number of likely N-dealkylation sites (tertiary alicyclic amines) is 1. The number of aryl methyl sites for hydroxylation is 1. The fourth-order valence-electron chi connectivity index (χ4n) is 3.87. The van der Waals surface area contributed by atoms with Gasteiger partial charge in [0.25, 0.3) is 0 Å². The molecule has 2 saturated heterocycles. The molecular weight excluding hydrogens is 362 g/mol. The molecule has 0 unspecified atom stereocenters. The molecule has 0 N–H and O–H groups in total. The lowest BCUT2D eigenvalue weighted by Gasteiger charge is -2.35. The first-order valence-corrected chi connectivity index (χ1v) is 10.5. The Bertz CT molecular complexity index is 636. The van der Waals surface area contributed by atoms with Crippen LogP contribution in [0.3, 0.4) is 0 Å². The van der Waals surface area contributed by atoms with Gasteiger partial charge in [0.2, 0.25) is 11.8 Å². The molecule has 148 valence electrons. The molecule has 0 spiro atoms. The van der Waals surface area contributed by atoms with Gasteiger partial charge in [-0.05, 0) is 37.0 Å². The van der Waals surface area contributed by atoms with Crippen LogP contribution in [0.5, 0.6) is 0 Å². The monoisotopic (exact) mass is 391 g/mol. The quantitative estimate of drug-likeness (QED) is 0.775. The standard InChI is InChI=1S/C21H30ClN3O2/c22-19-7-5-6-18(16-19)8-9-20(26)25-14-12-23(13-15-25)17-21(27)24-10-3-1-2-4-11-24/h5-7,16H,1-4,8-15,17H2. The predicted molar refractivity (Wildman–Crippen MR) is 108 cm³/mol. The molecule has 0 bridgehead atoms. The molecule has 2 aliphatic rings. The Morgan fingerprint density at radius 3 is 2.19 bits per heavy atom. The Labute approximate surface area is 167 Å². The number of carbonyl (C=O) groups excluding carboxylic acids is 2. The first kappa shape index (κ1) is 20.2. The summed E-state index contributed by atoms with van der Waals surface area (Å²) in [5, 5.41) is 0.711. The lowest BCUT2D eigenvalue weighted by atomic mass is 10.1. The minimum atomic E-state index is 0.188. The number of carbonyl (C=O) groups is 2. The van der Waals surface area contributed by atoms with Crippen LogP contribution in [0.4, 0.5) is 0 Å². The van der Waals surface area contributed by atoms with Crippen LogP contribution in [0.25, 0.3) is 0 Å². The number of rotatable bonds is 5. The molecular formula is C21H30ClN3O2. The number of amides is 2. The van der Waals surface area contributed by atoms with E-state index in [2.05, 4.69) is 4.90 Å². The van der Waals surface area contributed by atoms with E-state index in [0.29, 0.717) is 37.5 Å². The summed E-state index contributed by atoms with van der Waals surface area (Å²) in [6.07, 6.45) is 5.95. The molecule has 1 aromatic rings. The van der Waals surface area contributed by atoms with Crippen molar-refractivity contribution in [1.82, 2.24) is 14.7 Å². The second-order valence-corrected chi connectivity index (χ2v) is 8.02. The van der Waals surface area contributed by atoms with E-state index < -0.39 is 0 Å². The number of piperazine rings is 1. The summed E-state index contributed by atoms with van der Waals surface area (Å²) >= 11 is 6.00. The van der Waals surface area contributed by atoms with E-state index in [1.54, 1.807) is 0 Å². The largest absolute Gasteiger partial charge is 0.342 e. The molecule has 2 heterocycles. The van der Waals surface area contributed by atoms with Crippen molar-refractivity contribution in [1.29, 1.82) is 0 Å². The Morgan fingerprint density at radius 1 is 0.852 bits per heavy atom. The van der Waals surface area contributed by atoms with Gasteiger partial charge >= 0.3 is 0 Å². The van der Waals surface area contributed by atoms with Gasteiger partial charge in [0.1, 0.15) is 0 Å². The highest BCUT2D eigenvalue weighted by Crippen LogP contribution is 2.14. The molecule has 0 radical (unpaired) electrons. The number of hydrogen-bond donors (Lipinski definition) is 0. The molecule has 0 atom stereocenters. The minimum absolute atomic E-state index is 0.188. The van der Waals surface area contributed by atoms with Crippen molar-refractivity contribution in [3.05, 3.63) is 34.9 Å². The lowest BCUT2D eigenvalue weighted by Crippen LogP contribution is -2.51. The molecule has 2 amide bonds.